The zero-order chi connectivity index (χ0) is 11.4. The second-order valence-electron chi connectivity index (χ2n) is 4.35. The van der Waals surface area contributed by atoms with Gasteiger partial charge in [0.2, 0.25) is 0 Å². The van der Waals surface area contributed by atoms with Gasteiger partial charge in [-0.1, -0.05) is 6.92 Å². The van der Waals surface area contributed by atoms with Crippen molar-refractivity contribution >= 4 is 5.82 Å². The van der Waals surface area contributed by atoms with Gasteiger partial charge in [0.15, 0.2) is 0 Å². The maximum atomic E-state index is 4.46. The zero-order valence-electron chi connectivity index (χ0n) is 10.2. The van der Waals surface area contributed by atoms with E-state index in [1.807, 2.05) is 6.20 Å². The molecule has 1 aromatic heterocycles. The molecule has 1 radical (unpaired) electrons. The lowest BCUT2D eigenvalue weighted by molar-refractivity contribution is 0.312. The van der Waals surface area contributed by atoms with Crippen LogP contribution in [0.25, 0.3) is 0 Å². The van der Waals surface area contributed by atoms with Crippen molar-refractivity contribution in [1.82, 2.24) is 9.88 Å². The molecule has 87 valence electrons. The largest absolute Gasteiger partial charge is 0.354 e. The summed E-state index contributed by atoms with van der Waals surface area (Å²) in [6.07, 6.45) is 5.22. The molecule has 0 unspecified atom stereocenters. The Hall–Kier alpha value is -1.09. The summed E-state index contributed by atoms with van der Waals surface area (Å²) in [5, 5.41) is 0. The fourth-order valence-corrected chi connectivity index (χ4v) is 2.01. The van der Waals surface area contributed by atoms with Crippen molar-refractivity contribution in [2.75, 3.05) is 38.1 Å². The number of likely N-dealkylation sites (N-methyl/N-ethyl adjacent to an activating group) is 1. The number of anilines is 1. The van der Waals surface area contributed by atoms with E-state index >= 15 is 0 Å². The first kappa shape index (κ1) is 11.4. The number of aromatic nitrogens is 1. The number of pyridine rings is 1. The molecule has 16 heavy (non-hydrogen) atoms. The van der Waals surface area contributed by atoms with Gasteiger partial charge in [-0.15, -0.1) is 0 Å². The van der Waals surface area contributed by atoms with E-state index in [0.717, 1.165) is 38.4 Å². The maximum absolute atomic E-state index is 4.46. The second kappa shape index (κ2) is 5.30. The van der Waals surface area contributed by atoms with Gasteiger partial charge < -0.3 is 9.80 Å². The lowest BCUT2D eigenvalue weighted by Gasteiger charge is -2.33. The molecule has 1 fully saturated rings. The third-order valence-electron chi connectivity index (χ3n) is 3.04. The van der Waals surface area contributed by atoms with Gasteiger partial charge in [-0.3, -0.25) is 0 Å². The highest BCUT2D eigenvalue weighted by Gasteiger charge is 2.15. The smallest absolute Gasteiger partial charge is 0.128 e. The van der Waals surface area contributed by atoms with Crippen LogP contribution in [-0.4, -0.2) is 43.1 Å². The Morgan fingerprint density at radius 1 is 1.31 bits per heavy atom. The van der Waals surface area contributed by atoms with E-state index in [-0.39, 0.29) is 0 Å². The summed E-state index contributed by atoms with van der Waals surface area (Å²) in [4.78, 5) is 9.19. The molecule has 0 aromatic carbocycles. The van der Waals surface area contributed by atoms with Crippen LogP contribution in [0.1, 0.15) is 18.9 Å². The summed E-state index contributed by atoms with van der Waals surface area (Å²) >= 11 is 0. The first-order valence-corrected chi connectivity index (χ1v) is 6.02. The van der Waals surface area contributed by atoms with Crippen LogP contribution in [-0.2, 0) is 0 Å². The SMILES string of the molecule is CC[CH]c1ccnc(N2CCN(C)CC2)c1. The minimum Gasteiger partial charge on any atom is -0.354 e. The number of piperazine rings is 1. The molecule has 1 aliphatic heterocycles. The van der Waals surface area contributed by atoms with Crippen LogP contribution in [0, 0.1) is 6.42 Å². The second-order valence-corrected chi connectivity index (χ2v) is 4.35. The fourth-order valence-electron chi connectivity index (χ4n) is 2.01. The van der Waals surface area contributed by atoms with Gasteiger partial charge in [-0.25, -0.2) is 4.98 Å². The number of nitrogens with zero attached hydrogens (tertiary/aromatic N) is 3. The van der Waals surface area contributed by atoms with Gasteiger partial charge in [0.05, 0.1) is 0 Å². The van der Waals surface area contributed by atoms with E-state index in [2.05, 4.69) is 47.3 Å². The first-order chi connectivity index (χ1) is 7.79. The molecule has 0 spiro atoms. The number of hydrogen-bond acceptors (Lipinski definition) is 3. The topological polar surface area (TPSA) is 19.4 Å². The molecule has 0 atom stereocenters. The predicted octanol–water partition coefficient (Wildman–Crippen LogP) is 1.80. The van der Waals surface area contributed by atoms with E-state index < -0.39 is 0 Å². The molecule has 0 bridgehead atoms. The maximum Gasteiger partial charge on any atom is 0.128 e. The lowest BCUT2D eigenvalue weighted by atomic mass is 10.1. The summed E-state index contributed by atoms with van der Waals surface area (Å²) in [5.41, 5.74) is 1.28. The Kier molecular flexibility index (Phi) is 3.78. The predicted molar refractivity (Wildman–Crippen MR) is 67.6 cm³/mol. The number of hydrogen-bond donors (Lipinski definition) is 0. The molecule has 0 aliphatic carbocycles. The van der Waals surface area contributed by atoms with E-state index in [1.54, 1.807) is 0 Å². The Bertz CT molecular complexity index is 330. The highest BCUT2D eigenvalue weighted by Crippen LogP contribution is 2.16. The minimum absolute atomic E-state index is 1.08. The highest BCUT2D eigenvalue weighted by atomic mass is 15.3. The van der Waals surface area contributed by atoms with Crippen LogP contribution in [0.3, 0.4) is 0 Å². The van der Waals surface area contributed by atoms with Gasteiger partial charge in [-0.2, -0.15) is 0 Å². The Balaban J connectivity index is 2.05. The molecule has 3 nitrogen and oxygen atoms in total. The van der Waals surface area contributed by atoms with Gasteiger partial charge in [0.1, 0.15) is 5.82 Å². The van der Waals surface area contributed by atoms with Gasteiger partial charge in [0.25, 0.3) is 0 Å². The minimum atomic E-state index is 1.08. The molecule has 3 heteroatoms. The van der Waals surface area contributed by atoms with Crippen LogP contribution in [0.5, 0.6) is 0 Å². The standard InChI is InChI=1S/C13H20N3/c1-3-4-12-5-6-14-13(11-12)16-9-7-15(2)8-10-16/h4-6,11H,3,7-10H2,1-2H3. The van der Waals surface area contributed by atoms with Crippen molar-refractivity contribution in [3.8, 4) is 0 Å². The van der Waals surface area contributed by atoms with E-state index in [0.29, 0.717) is 0 Å². The quantitative estimate of drug-likeness (QED) is 0.771. The number of rotatable bonds is 3. The van der Waals surface area contributed by atoms with Crippen LogP contribution < -0.4 is 4.90 Å². The van der Waals surface area contributed by atoms with Gasteiger partial charge >= 0.3 is 0 Å². The highest BCUT2D eigenvalue weighted by molar-refractivity contribution is 5.43. The Morgan fingerprint density at radius 2 is 2.06 bits per heavy atom. The van der Waals surface area contributed by atoms with Crippen molar-refractivity contribution in [3.05, 3.63) is 30.3 Å². The van der Waals surface area contributed by atoms with Crippen LogP contribution in [0.15, 0.2) is 18.3 Å². The molecule has 1 aliphatic rings. The molecule has 2 heterocycles. The molecule has 1 aromatic rings. The monoisotopic (exact) mass is 218 g/mol. The van der Waals surface area contributed by atoms with Gasteiger partial charge in [-0.05, 0) is 37.6 Å². The molecule has 1 saturated heterocycles. The third kappa shape index (κ3) is 2.73. The third-order valence-corrected chi connectivity index (χ3v) is 3.04. The normalized spacial score (nSPS) is 17.8. The van der Waals surface area contributed by atoms with E-state index in [4.69, 9.17) is 0 Å². The molecule has 0 amide bonds. The van der Waals surface area contributed by atoms with Crippen LogP contribution in [0.2, 0.25) is 0 Å². The van der Waals surface area contributed by atoms with E-state index in [1.165, 1.54) is 5.56 Å². The van der Waals surface area contributed by atoms with Crippen molar-refractivity contribution in [1.29, 1.82) is 0 Å². The summed E-state index contributed by atoms with van der Waals surface area (Å²) < 4.78 is 0. The fraction of sp³-hybridized carbons (Fsp3) is 0.538. The van der Waals surface area contributed by atoms with E-state index in [9.17, 15) is 0 Å². The molecule has 0 N–H and O–H groups in total. The van der Waals surface area contributed by atoms with Crippen molar-refractivity contribution in [2.45, 2.75) is 13.3 Å². The lowest BCUT2D eigenvalue weighted by Crippen LogP contribution is -2.44. The molecular formula is C13H20N3. The first-order valence-electron chi connectivity index (χ1n) is 6.02. The van der Waals surface area contributed by atoms with Crippen molar-refractivity contribution in [2.24, 2.45) is 0 Å². The summed E-state index contributed by atoms with van der Waals surface area (Å²) in [6, 6.07) is 4.26. The van der Waals surface area contributed by atoms with Crippen molar-refractivity contribution < 1.29 is 0 Å². The van der Waals surface area contributed by atoms with Gasteiger partial charge in [0, 0.05) is 32.4 Å². The average Bonchev–Trinajstić information content (AvgIpc) is 2.31. The van der Waals surface area contributed by atoms with Crippen LogP contribution >= 0.6 is 0 Å². The summed E-state index contributed by atoms with van der Waals surface area (Å²) in [7, 11) is 2.17. The van der Waals surface area contributed by atoms with Crippen LogP contribution in [0.4, 0.5) is 5.82 Å². The summed E-state index contributed by atoms with van der Waals surface area (Å²) in [5.74, 6) is 1.12. The molecular weight excluding hydrogens is 198 g/mol. The zero-order valence-corrected chi connectivity index (χ0v) is 10.2. The molecule has 2 rings (SSSR count). The van der Waals surface area contributed by atoms with Crippen molar-refractivity contribution in [3.63, 3.8) is 0 Å². The average molecular weight is 218 g/mol. The Morgan fingerprint density at radius 3 is 2.75 bits per heavy atom. The molecule has 0 saturated carbocycles. The summed E-state index contributed by atoms with van der Waals surface area (Å²) in [6.45, 7) is 6.58. The Labute approximate surface area is 98.1 Å².